The molecule has 0 heterocycles. The molecule has 0 aliphatic heterocycles. The maximum atomic E-state index is 11.8. The third-order valence-electron chi connectivity index (χ3n) is 5.03. The van der Waals surface area contributed by atoms with E-state index in [2.05, 4.69) is 60.7 Å². The van der Waals surface area contributed by atoms with E-state index < -0.39 is 8.25 Å². The van der Waals surface area contributed by atoms with Crippen LogP contribution in [0.5, 0.6) is 0 Å². The third kappa shape index (κ3) is 15.2. The molecule has 0 saturated heterocycles. The van der Waals surface area contributed by atoms with E-state index in [-0.39, 0.29) is 0 Å². The van der Waals surface area contributed by atoms with Crippen molar-refractivity contribution in [2.24, 2.45) is 0 Å². The van der Waals surface area contributed by atoms with Crippen molar-refractivity contribution in [1.82, 2.24) is 0 Å². The van der Waals surface area contributed by atoms with E-state index >= 15 is 0 Å². The number of hydrogen-bond donors (Lipinski definition) is 0. The van der Waals surface area contributed by atoms with Crippen LogP contribution in [0.3, 0.4) is 0 Å². The van der Waals surface area contributed by atoms with E-state index in [0.717, 1.165) is 37.2 Å². The Morgan fingerprint density at radius 1 is 0.562 bits per heavy atom. The summed E-state index contributed by atoms with van der Waals surface area (Å²) in [5, 5.41) is 0. The summed E-state index contributed by atoms with van der Waals surface area (Å²) in [5.74, 6) is 4.58. The molecule has 2 aromatic rings. The van der Waals surface area contributed by atoms with Crippen molar-refractivity contribution in [1.29, 1.82) is 0 Å². The molecule has 0 spiro atoms. The van der Waals surface area contributed by atoms with E-state index in [0.29, 0.717) is 13.2 Å². The molecule has 0 amide bonds. The van der Waals surface area contributed by atoms with Crippen LogP contribution >= 0.6 is 31.8 Å². The Bertz CT molecular complexity index is 641. The van der Waals surface area contributed by atoms with Gasteiger partial charge in [-0.25, -0.2) is 0 Å². The van der Waals surface area contributed by atoms with Gasteiger partial charge in [-0.15, -0.1) is 0 Å². The summed E-state index contributed by atoms with van der Waals surface area (Å²) < 4.78 is 22.5. The molecule has 0 unspecified atom stereocenters. The maximum Gasteiger partial charge on any atom is 0.319 e. The minimum absolute atomic E-state index is 0.549. The Labute approximate surface area is 204 Å². The van der Waals surface area contributed by atoms with Crippen molar-refractivity contribution in [3.05, 3.63) is 71.8 Å². The highest BCUT2D eigenvalue weighted by molar-refractivity contribution is 7.98. The predicted molar refractivity (Wildman–Crippen MR) is 143 cm³/mol. The standard InChI is InChI=1S/C26H39O3PS2/c27-30(28-19-11-1-3-13-21-31-23-25-15-7-5-8-16-25)29-20-12-2-4-14-22-32-24-26-17-9-6-10-18-26/h5-10,15-18,30H,1-4,11-14,19-24H2. The van der Waals surface area contributed by atoms with Crippen molar-refractivity contribution in [2.75, 3.05) is 24.7 Å². The summed E-state index contributed by atoms with van der Waals surface area (Å²) in [7, 11) is -2.31. The zero-order valence-corrected chi connectivity index (χ0v) is 21.8. The van der Waals surface area contributed by atoms with Gasteiger partial charge in [0.05, 0.1) is 13.2 Å². The lowest BCUT2D eigenvalue weighted by Crippen LogP contribution is -1.93. The molecule has 0 bridgehead atoms. The summed E-state index contributed by atoms with van der Waals surface area (Å²) in [6, 6.07) is 21.2. The van der Waals surface area contributed by atoms with Crippen LogP contribution in [0.2, 0.25) is 0 Å². The van der Waals surface area contributed by atoms with Gasteiger partial charge in [0.25, 0.3) is 0 Å². The third-order valence-corrected chi connectivity index (χ3v) is 8.14. The zero-order chi connectivity index (χ0) is 22.5. The first-order valence-electron chi connectivity index (χ1n) is 11.9. The molecule has 0 N–H and O–H groups in total. The van der Waals surface area contributed by atoms with E-state index in [1.165, 1.54) is 48.3 Å². The molecule has 0 fully saturated rings. The van der Waals surface area contributed by atoms with Crippen LogP contribution in [-0.4, -0.2) is 24.7 Å². The van der Waals surface area contributed by atoms with Gasteiger partial charge in [-0.05, 0) is 48.3 Å². The van der Waals surface area contributed by atoms with E-state index in [1.807, 2.05) is 23.5 Å². The fourth-order valence-corrected chi connectivity index (χ4v) is 5.87. The monoisotopic (exact) mass is 494 g/mol. The van der Waals surface area contributed by atoms with Gasteiger partial charge in [0.2, 0.25) is 0 Å². The predicted octanol–water partition coefficient (Wildman–Crippen LogP) is 8.40. The topological polar surface area (TPSA) is 35.5 Å². The van der Waals surface area contributed by atoms with Gasteiger partial charge in [-0.2, -0.15) is 23.5 Å². The largest absolute Gasteiger partial charge is 0.319 e. The highest BCUT2D eigenvalue weighted by atomic mass is 32.2. The van der Waals surface area contributed by atoms with Gasteiger partial charge in [0, 0.05) is 11.5 Å². The van der Waals surface area contributed by atoms with Crippen molar-refractivity contribution in [3.63, 3.8) is 0 Å². The van der Waals surface area contributed by atoms with Gasteiger partial charge in [-0.1, -0.05) is 86.3 Å². The molecule has 178 valence electrons. The Hall–Kier alpha value is -0.710. The number of thioether (sulfide) groups is 2. The Morgan fingerprint density at radius 2 is 0.969 bits per heavy atom. The molecule has 2 rings (SSSR count). The highest BCUT2D eigenvalue weighted by Crippen LogP contribution is 2.25. The molecule has 32 heavy (non-hydrogen) atoms. The van der Waals surface area contributed by atoms with Crippen molar-refractivity contribution < 1.29 is 13.6 Å². The van der Waals surface area contributed by atoms with Crippen molar-refractivity contribution in [3.8, 4) is 0 Å². The molecule has 2 aromatic carbocycles. The van der Waals surface area contributed by atoms with Crippen LogP contribution in [0.4, 0.5) is 0 Å². The Kier molecular flexibility index (Phi) is 17.0. The molecule has 3 nitrogen and oxygen atoms in total. The Balaban J connectivity index is 1.27. The summed E-state index contributed by atoms with van der Waals surface area (Å²) >= 11 is 3.99. The summed E-state index contributed by atoms with van der Waals surface area (Å²) in [5.41, 5.74) is 2.79. The number of benzene rings is 2. The van der Waals surface area contributed by atoms with Crippen LogP contribution in [0, 0.1) is 0 Å². The second kappa shape index (κ2) is 19.7. The lowest BCUT2D eigenvalue weighted by Gasteiger charge is -2.06. The van der Waals surface area contributed by atoms with Gasteiger partial charge in [0.15, 0.2) is 0 Å². The van der Waals surface area contributed by atoms with Crippen LogP contribution in [0.15, 0.2) is 60.7 Å². The maximum absolute atomic E-state index is 11.8. The lowest BCUT2D eigenvalue weighted by atomic mass is 10.2. The molecular weight excluding hydrogens is 455 g/mol. The average Bonchev–Trinajstić information content (AvgIpc) is 2.83. The number of rotatable bonds is 20. The quantitative estimate of drug-likeness (QED) is 0.136. The van der Waals surface area contributed by atoms with Crippen molar-refractivity contribution in [2.45, 2.75) is 62.9 Å². The average molecular weight is 495 g/mol. The Morgan fingerprint density at radius 3 is 1.41 bits per heavy atom. The number of hydrogen-bond acceptors (Lipinski definition) is 5. The zero-order valence-electron chi connectivity index (χ0n) is 19.2. The van der Waals surface area contributed by atoms with E-state index in [1.54, 1.807) is 0 Å². The fourth-order valence-electron chi connectivity index (χ4n) is 3.20. The van der Waals surface area contributed by atoms with Crippen LogP contribution in [-0.2, 0) is 25.1 Å². The summed E-state index contributed by atoms with van der Waals surface area (Å²) in [4.78, 5) is 0. The van der Waals surface area contributed by atoms with Crippen LogP contribution < -0.4 is 0 Å². The normalized spacial score (nSPS) is 11.3. The van der Waals surface area contributed by atoms with Crippen molar-refractivity contribution >= 4 is 31.8 Å². The first kappa shape index (κ1) is 27.5. The minimum atomic E-state index is -2.31. The summed E-state index contributed by atoms with van der Waals surface area (Å²) in [6.45, 7) is 1.10. The molecule has 0 atom stereocenters. The lowest BCUT2D eigenvalue weighted by molar-refractivity contribution is 0.218. The first-order chi connectivity index (χ1) is 15.8. The second-order valence-electron chi connectivity index (χ2n) is 7.85. The molecule has 0 aliphatic carbocycles. The molecule has 0 aliphatic rings. The number of unbranched alkanes of at least 4 members (excludes halogenated alkanes) is 6. The summed E-state index contributed by atoms with van der Waals surface area (Å²) in [6.07, 6.45) is 9.05. The van der Waals surface area contributed by atoms with E-state index in [4.69, 9.17) is 9.05 Å². The molecular formula is C26H39O3PS2. The molecule has 6 heteroatoms. The second-order valence-corrected chi connectivity index (χ2v) is 11.1. The molecule has 0 aromatic heterocycles. The van der Waals surface area contributed by atoms with Gasteiger partial charge in [-0.3, -0.25) is 4.57 Å². The van der Waals surface area contributed by atoms with Crippen LogP contribution in [0.25, 0.3) is 0 Å². The minimum Gasteiger partial charge on any atom is -0.311 e. The molecule has 0 saturated carbocycles. The SMILES string of the molecule is O=[PH](OCCCCCCSCc1ccccc1)OCCCCCCSCc1ccccc1. The van der Waals surface area contributed by atoms with Gasteiger partial charge < -0.3 is 9.05 Å². The highest BCUT2D eigenvalue weighted by Gasteiger charge is 2.01. The smallest absolute Gasteiger partial charge is 0.311 e. The van der Waals surface area contributed by atoms with Gasteiger partial charge >= 0.3 is 8.25 Å². The van der Waals surface area contributed by atoms with Gasteiger partial charge in [0.1, 0.15) is 0 Å². The van der Waals surface area contributed by atoms with E-state index in [9.17, 15) is 4.57 Å². The van der Waals surface area contributed by atoms with Crippen LogP contribution in [0.1, 0.15) is 62.5 Å². The molecule has 0 radical (unpaired) electrons. The first-order valence-corrected chi connectivity index (χ1v) is 15.4. The fraction of sp³-hybridized carbons (Fsp3) is 0.538.